The standard InChI is InChI=1S/C10H11FO3/c1-6-4-5-7(11)9(13-2)8(6)10(12)14-3/h4-5H,1-3H3. The van der Waals surface area contributed by atoms with Crippen molar-refractivity contribution in [3.63, 3.8) is 0 Å². The van der Waals surface area contributed by atoms with Crippen molar-refractivity contribution in [1.82, 2.24) is 0 Å². The van der Waals surface area contributed by atoms with Gasteiger partial charge in [-0.05, 0) is 18.6 Å². The molecule has 0 N–H and O–H groups in total. The maximum atomic E-state index is 13.2. The predicted molar refractivity (Wildman–Crippen MR) is 49.0 cm³/mol. The van der Waals surface area contributed by atoms with Gasteiger partial charge >= 0.3 is 5.97 Å². The summed E-state index contributed by atoms with van der Waals surface area (Å²) in [7, 11) is 2.55. The molecule has 0 bridgehead atoms. The number of hydrogen-bond donors (Lipinski definition) is 0. The van der Waals surface area contributed by atoms with Gasteiger partial charge in [-0.15, -0.1) is 0 Å². The number of ether oxygens (including phenoxy) is 2. The summed E-state index contributed by atoms with van der Waals surface area (Å²) in [5, 5.41) is 0. The minimum Gasteiger partial charge on any atom is -0.493 e. The number of halogens is 1. The van der Waals surface area contributed by atoms with Gasteiger partial charge in [0.05, 0.1) is 14.2 Å². The summed E-state index contributed by atoms with van der Waals surface area (Å²) in [6, 6.07) is 2.75. The molecule has 0 spiro atoms. The normalized spacial score (nSPS) is 9.71. The Morgan fingerprint density at radius 2 is 2.00 bits per heavy atom. The van der Waals surface area contributed by atoms with E-state index in [-0.39, 0.29) is 11.3 Å². The molecule has 0 aromatic heterocycles. The van der Waals surface area contributed by atoms with Crippen molar-refractivity contribution in [2.24, 2.45) is 0 Å². The summed E-state index contributed by atoms with van der Waals surface area (Å²) < 4.78 is 22.5. The minimum atomic E-state index is -0.598. The minimum absolute atomic E-state index is 0.0724. The average molecular weight is 198 g/mol. The van der Waals surface area contributed by atoms with Gasteiger partial charge in [0.25, 0.3) is 0 Å². The lowest BCUT2D eigenvalue weighted by atomic mass is 10.1. The van der Waals surface area contributed by atoms with Crippen molar-refractivity contribution in [3.8, 4) is 5.75 Å². The van der Waals surface area contributed by atoms with Crippen LogP contribution in [0.15, 0.2) is 12.1 Å². The molecule has 0 aliphatic heterocycles. The molecule has 0 aliphatic rings. The van der Waals surface area contributed by atoms with Gasteiger partial charge < -0.3 is 9.47 Å². The van der Waals surface area contributed by atoms with Crippen LogP contribution in [-0.2, 0) is 4.74 Å². The Morgan fingerprint density at radius 1 is 1.36 bits per heavy atom. The molecular formula is C10H11FO3. The summed E-state index contributed by atoms with van der Waals surface area (Å²) in [6.45, 7) is 1.69. The molecule has 0 amide bonds. The van der Waals surface area contributed by atoms with E-state index in [1.54, 1.807) is 6.92 Å². The average Bonchev–Trinajstić information content (AvgIpc) is 2.19. The summed E-state index contributed by atoms with van der Waals surface area (Å²) in [5.41, 5.74) is 0.755. The Bertz CT molecular complexity index is 361. The number of carbonyl (C=O) groups excluding carboxylic acids is 1. The van der Waals surface area contributed by atoms with Gasteiger partial charge in [0.15, 0.2) is 11.6 Å². The van der Waals surface area contributed by atoms with E-state index < -0.39 is 11.8 Å². The second-order valence-corrected chi connectivity index (χ2v) is 2.76. The van der Waals surface area contributed by atoms with E-state index in [2.05, 4.69) is 4.74 Å². The highest BCUT2D eigenvalue weighted by molar-refractivity contribution is 5.94. The highest BCUT2D eigenvalue weighted by Crippen LogP contribution is 2.26. The lowest BCUT2D eigenvalue weighted by Gasteiger charge is -2.09. The van der Waals surface area contributed by atoms with Crippen molar-refractivity contribution < 1.29 is 18.7 Å². The van der Waals surface area contributed by atoms with Crippen LogP contribution in [-0.4, -0.2) is 20.2 Å². The van der Waals surface area contributed by atoms with Crippen LogP contribution in [0.1, 0.15) is 15.9 Å². The second kappa shape index (κ2) is 4.09. The van der Waals surface area contributed by atoms with Crippen LogP contribution in [0.25, 0.3) is 0 Å². The van der Waals surface area contributed by atoms with Gasteiger partial charge in [-0.1, -0.05) is 6.07 Å². The molecule has 1 aromatic carbocycles. The zero-order chi connectivity index (χ0) is 10.7. The molecule has 0 aliphatic carbocycles. The number of carbonyl (C=O) groups is 1. The lowest BCUT2D eigenvalue weighted by Crippen LogP contribution is -2.07. The first-order valence-electron chi connectivity index (χ1n) is 4.03. The number of rotatable bonds is 2. The predicted octanol–water partition coefficient (Wildman–Crippen LogP) is 1.93. The monoisotopic (exact) mass is 198 g/mol. The van der Waals surface area contributed by atoms with E-state index in [0.29, 0.717) is 5.56 Å². The zero-order valence-corrected chi connectivity index (χ0v) is 8.26. The maximum Gasteiger partial charge on any atom is 0.342 e. The molecule has 14 heavy (non-hydrogen) atoms. The fraction of sp³-hybridized carbons (Fsp3) is 0.300. The fourth-order valence-corrected chi connectivity index (χ4v) is 1.21. The first-order chi connectivity index (χ1) is 6.61. The van der Waals surface area contributed by atoms with Crippen molar-refractivity contribution in [2.45, 2.75) is 6.92 Å². The van der Waals surface area contributed by atoms with Crippen LogP contribution in [0.3, 0.4) is 0 Å². The fourth-order valence-electron chi connectivity index (χ4n) is 1.21. The van der Waals surface area contributed by atoms with E-state index in [0.717, 1.165) is 0 Å². The third-order valence-electron chi connectivity index (χ3n) is 1.91. The quantitative estimate of drug-likeness (QED) is 0.681. The molecule has 4 heteroatoms. The van der Waals surface area contributed by atoms with Crippen molar-refractivity contribution in [3.05, 3.63) is 29.1 Å². The Morgan fingerprint density at radius 3 is 2.50 bits per heavy atom. The molecule has 1 aromatic rings. The first-order valence-corrected chi connectivity index (χ1v) is 4.03. The van der Waals surface area contributed by atoms with Crippen LogP contribution in [0.2, 0.25) is 0 Å². The van der Waals surface area contributed by atoms with Gasteiger partial charge in [0, 0.05) is 0 Å². The number of hydrogen-bond acceptors (Lipinski definition) is 3. The summed E-state index contributed by atoms with van der Waals surface area (Å²) >= 11 is 0. The van der Waals surface area contributed by atoms with E-state index in [1.807, 2.05) is 0 Å². The molecule has 76 valence electrons. The Labute approximate surface area is 81.4 Å². The van der Waals surface area contributed by atoms with Gasteiger partial charge in [-0.3, -0.25) is 0 Å². The first kappa shape index (κ1) is 10.5. The molecule has 0 saturated carbocycles. The molecule has 3 nitrogen and oxygen atoms in total. The topological polar surface area (TPSA) is 35.5 Å². The van der Waals surface area contributed by atoms with Gasteiger partial charge in [0.2, 0.25) is 0 Å². The maximum absolute atomic E-state index is 13.2. The van der Waals surface area contributed by atoms with E-state index >= 15 is 0 Å². The molecule has 0 heterocycles. The van der Waals surface area contributed by atoms with Gasteiger partial charge in [-0.2, -0.15) is 0 Å². The number of esters is 1. The number of methoxy groups -OCH3 is 2. The highest BCUT2D eigenvalue weighted by atomic mass is 19.1. The van der Waals surface area contributed by atoms with Crippen molar-refractivity contribution >= 4 is 5.97 Å². The molecule has 0 atom stereocenters. The smallest absolute Gasteiger partial charge is 0.342 e. The Hall–Kier alpha value is -1.58. The molecular weight excluding hydrogens is 187 g/mol. The molecule has 1 rings (SSSR count). The van der Waals surface area contributed by atoms with Crippen molar-refractivity contribution in [1.29, 1.82) is 0 Å². The van der Waals surface area contributed by atoms with Crippen molar-refractivity contribution in [2.75, 3.05) is 14.2 Å². The van der Waals surface area contributed by atoms with Gasteiger partial charge in [0.1, 0.15) is 5.56 Å². The SMILES string of the molecule is COC(=O)c1c(C)ccc(F)c1OC. The Balaban J connectivity index is 3.37. The van der Waals surface area contributed by atoms with E-state index in [4.69, 9.17) is 4.74 Å². The van der Waals surface area contributed by atoms with Crippen LogP contribution in [0.4, 0.5) is 4.39 Å². The van der Waals surface area contributed by atoms with Gasteiger partial charge in [-0.25, -0.2) is 9.18 Å². The number of benzene rings is 1. The third-order valence-corrected chi connectivity index (χ3v) is 1.91. The van der Waals surface area contributed by atoms with Crippen LogP contribution >= 0.6 is 0 Å². The summed E-state index contributed by atoms with van der Waals surface area (Å²) in [5.74, 6) is -1.24. The lowest BCUT2D eigenvalue weighted by molar-refractivity contribution is 0.0595. The highest BCUT2D eigenvalue weighted by Gasteiger charge is 2.19. The van der Waals surface area contributed by atoms with E-state index in [1.165, 1.54) is 26.4 Å². The molecule has 0 saturated heterocycles. The Kier molecular flexibility index (Phi) is 3.06. The van der Waals surface area contributed by atoms with Crippen LogP contribution in [0.5, 0.6) is 5.75 Å². The van der Waals surface area contributed by atoms with Crippen LogP contribution < -0.4 is 4.74 Å². The molecule has 0 fully saturated rings. The zero-order valence-electron chi connectivity index (χ0n) is 8.26. The van der Waals surface area contributed by atoms with E-state index in [9.17, 15) is 9.18 Å². The third kappa shape index (κ3) is 1.69. The molecule has 0 unspecified atom stereocenters. The second-order valence-electron chi connectivity index (χ2n) is 2.76. The number of aryl methyl sites for hydroxylation is 1. The summed E-state index contributed by atoms with van der Waals surface area (Å²) in [4.78, 5) is 11.3. The molecule has 0 radical (unpaired) electrons. The summed E-state index contributed by atoms with van der Waals surface area (Å²) in [6.07, 6.45) is 0. The largest absolute Gasteiger partial charge is 0.493 e. The van der Waals surface area contributed by atoms with Crippen LogP contribution in [0, 0.1) is 12.7 Å².